The van der Waals surface area contributed by atoms with Crippen molar-refractivity contribution in [2.24, 2.45) is 0 Å². The number of fused-ring (bicyclic) bond motifs is 1. The maximum Gasteiger partial charge on any atom is 0.341 e. The first-order chi connectivity index (χ1) is 10.6. The van der Waals surface area contributed by atoms with Crippen molar-refractivity contribution in [3.8, 4) is 0 Å². The maximum absolute atomic E-state index is 14.3. The van der Waals surface area contributed by atoms with Crippen molar-refractivity contribution in [2.45, 2.75) is 25.3 Å². The van der Waals surface area contributed by atoms with E-state index in [1.807, 2.05) is 9.47 Å². The number of rotatable bonds is 3. The molecular formula is C16H15FN2O3. The fourth-order valence-corrected chi connectivity index (χ4v) is 2.97. The summed E-state index contributed by atoms with van der Waals surface area (Å²) in [6.45, 7) is 1.62. The smallest absolute Gasteiger partial charge is 0.341 e. The average molecular weight is 302 g/mol. The summed E-state index contributed by atoms with van der Waals surface area (Å²) in [5.41, 5.74) is 0.209. The number of carboxylic acid groups (broad SMARTS) is 1. The molecule has 0 amide bonds. The van der Waals surface area contributed by atoms with Crippen molar-refractivity contribution >= 4 is 22.6 Å². The van der Waals surface area contributed by atoms with Gasteiger partial charge in [-0.25, -0.2) is 9.18 Å². The fraction of sp³-hybridized carbons (Fsp3) is 0.375. The van der Waals surface area contributed by atoms with Crippen LogP contribution in [0.3, 0.4) is 0 Å². The van der Waals surface area contributed by atoms with Crippen molar-refractivity contribution in [3.63, 3.8) is 0 Å². The van der Waals surface area contributed by atoms with Crippen LogP contribution in [0.2, 0.25) is 0 Å². The summed E-state index contributed by atoms with van der Waals surface area (Å²) in [5.74, 6) is -1.73. The van der Waals surface area contributed by atoms with Gasteiger partial charge >= 0.3 is 5.97 Å². The Balaban J connectivity index is 2.02. The molecule has 0 bridgehead atoms. The molecular weight excluding hydrogens is 287 g/mol. The number of pyridine rings is 1. The van der Waals surface area contributed by atoms with Crippen molar-refractivity contribution in [3.05, 3.63) is 39.9 Å². The second-order valence-electron chi connectivity index (χ2n) is 5.98. The summed E-state index contributed by atoms with van der Waals surface area (Å²) in [6, 6.07) is 3.09. The number of aromatic nitrogens is 1. The molecule has 2 aliphatic rings. The lowest BCUT2D eigenvalue weighted by Gasteiger charge is -2.33. The van der Waals surface area contributed by atoms with Crippen LogP contribution in [0.15, 0.2) is 23.1 Å². The standard InChI is InChI=1S/C16H15FN2O3/c17-12-6-10-13(7-14(12)18-4-1-5-18)19(9-2-3-9)8-11(15(10)20)16(21)22/h6-9H,1-5H2,(H,21,22). The van der Waals surface area contributed by atoms with Gasteiger partial charge in [0.2, 0.25) is 5.43 Å². The van der Waals surface area contributed by atoms with Gasteiger partial charge < -0.3 is 14.6 Å². The van der Waals surface area contributed by atoms with Crippen LogP contribution in [0, 0.1) is 5.82 Å². The minimum atomic E-state index is -1.27. The number of aromatic carboxylic acids is 1. The quantitative estimate of drug-likeness (QED) is 0.945. The minimum absolute atomic E-state index is 0.147. The lowest BCUT2D eigenvalue weighted by molar-refractivity contribution is 0.0695. The zero-order chi connectivity index (χ0) is 15.4. The highest BCUT2D eigenvalue weighted by molar-refractivity contribution is 5.93. The summed E-state index contributed by atoms with van der Waals surface area (Å²) in [4.78, 5) is 25.5. The molecule has 1 aromatic carbocycles. The number of carboxylic acids is 1. The van der Waals surface area contributed by atoms with Gasteiger partial charge in [0.25, 0.3) is 0 Å². The molecule has 1 N–H and O–H groups in total. The number of carbonyl (C=O) groups is 1. The van der Waals surface area contributed by atoms with E-state index < -0.39 is 17.2 Å². The molecule has 2 aromatic rings. The predicted molar refractivity (Wildman–Crippen MR) is 80.2 cm³/mol. The molecule has 0 radical (unpaired) electrons. The van der Waals surface area contributed by atoms with E-state index in [4.69, 9.17) is 0 Å². The summed E-state index contributed by atoms with van der Waals surface area (Å²) in [7, 11) is 0. The molecule has 1 saturated heterocycles. The van der Waals surface area contributed by atoms with Crippen LogP contribution in [-0.2, 0) is 0 Å². The van der Waals surface area contributed by atoms with Gasteiger partial charge in [-0.15, -0.1) is 0 Å². The number of anilines is 1. The monoisotopic (exact) mass is 302 g/mol. The zero-order valence-corrected chi connectivity index (χ0v) is 11.9. The molecule has 22 heavy (non-hydrogen) atoms. The summed E-state index contributed by atoms with van der Waals surface area (Å²) in [6.07, 6.45) is 4.34. The molecule has 0 atom stereocenters. The Morgan fingerprint density at radius 3 is 2.55 bits per heavy atom. The van der Waals surface area contributed by atoms with E-state index >= 15 is 0 Å². The van der Waals surface area contributed by atoms with Crippen LogP contribution < -0.4 is 10.3 Å². The van der Waals surface area contributed by atoms with Gasteiger partial charge in [-0.05, 0) is 31.4 Å². The molecule has 0 spiro atoms. The molecule has 0 unspecified atom stereocenters. The second kappa shape index (κ2) is 4.56. The van der Waals surface area contributed by atoms with Gasteiger partial charge in [0.1, 0.15) is 11.4 Å². The lowest BCUT2D eigenvalue weighted by atomic mass is 10.1. The van der Waals surface area contributed by atoms with Gasteiger partial charge in [0, 0.05) is 30.7 Å². The molecule has 1 aliphatic heterocycles. The lowest BCUT2D eigenvalue weighted by Crippen LogP contribution is -2.37. The highest BCUT2D eigenvalue weighted by Gasteiger charge is 2.28. The molecule has 1 aliphatic carbocycles. The first-order valence-corrected chi connectivity index (χ1v) is 7.43. The van der Waals surface area contributed by atoms with Crippen molar-refractivity contribution in [1.29, 1.82) is 0 Å². The Hall–Kier alpha value is -2.37. The van der Waals surface area contributed by atoms with E-state index in [9.17, 15) is 19.1 Å². The van der Waals surface area contributed by atoms with Gasteiger partial charge in [0.05, 0.1) is 11.2 Å². The fourth-order valence-electron chi connectivity index (χ4n) is 2.97. The van der Waals surface area contributed by atoms with E-state index in [0.717, 1.165) is 32.4 Å². The average Bonchev–Trinajstić information content (AvgIpc) is 3.23. The Bertz CT molecular complexity index is 851. The molecule has 1 saturated carbocycles. The van der Waals surface area contributed by atoms with Crippen LogP contribution in [0.5, 0.6) is 0 Å². The van der Waals surface area contributed by atoms with Crippen molar-refractivity contribution in [1.82, 2.24) is 4.57 Å². The van der Waals surface area contributed by atoms with Crippen LogP contribution in [0.25, 0.3) is 10.9 Å². The molecule has 6 heteroatoms. The predicted octanol–water partition coefficient (Wildman–Crippen LogP) is 2.38. The Morgan fingerprint density at radius 1 is 1.27 bits per heavy atom. The third-order valence-electron chi connectivity index (χ3n) is 4.47. The highest BCUT2D eigenvalue weighted by Crippen LogP contribution is 2.38. The Morgan fingerprint density at radius 2 is 2.00 bits per heavy atom. The number of hydrogen-bond donors (Lipinski definition) is 1. The van der Waals surface area contributed by atoms with Gasteiger partial charge in [0.15, 0.2) is 0 Å². The van der Waals surface area contributed by atoms with E-state index in [0.29, 0.717) is 11.2 Å². The Labute approximate surface area is 125 Å². The van der Waals surface area contributed by atoms with Gasteiger partial charge in [-0.1, -0.05) is 0 Å². The third-order valence-corrected chi connectivity index (χ3v) is 4.47. The molecule has 2 heterocycles. The molecule has 1 aromatic heterocycles. The molecule has 5 nitrogen and oxygen atoms in total. The third kappa shape index (κ3) is 1.90. The van der Waals surface area contributed by atoms with Crippen molar-refractivity contribution in [2.75, 3.05) is 18.0 Å². The topological polar surface area (TPSA) is 62.5 Å². The SMILES string of the molecule is O=C(O)c1cn(C2CC2)c2cc(N3CCC3)c(F)cc2c1=O. The normalized spacial score (nSPS) is 17.6. The first kappa shape index (κ1) is 13.3. The van der Waals surface area contributed by atoms with Crippen LogP contribution in [0.4, 0.5) is 10.1 Å². The zero-order valence-electron chi connectivity index (χ0n) is 11.9. The largest absolute Gasteiger partial charge is 0.477 e. The summed E-state index contributed by atoms with van der Waals surface area (Å²) < 4.78 is 16.1. The number of nitrogens with zero attached hydrogens (tertiary/aromatic N) is 2. The van der Waals surface area contributed by atoms with Crippen LogP contribution in [-0.4, -0.2) is 28.7 Å². The van der Waals surface area contributed by atoms with Gasteiger partial charge in [-0.2, -0.15) is 0 Å². The Kier molecular flexibility index (Phi) is 2.76. The van der Waals surface area contributed by atoms with Crippen LogP contribution in [0.1, 0.15) is 35.7 Å². The summed E-state index contributed by atoms with van der Waals surface area (Å²) in [5, 5.41) is 9.34. The maximum atomic E-state index is 14.3. The van der Waals surface area contributed by atoms with E-state index in [1.54, 1.807) is 6.07 Å². The number of hydrogen-bond acceptors (Lipinski definition) is 3. The molecule has 114 valence electrons. The van der Waals surface area contributed by atoms with Crippen LogP contribution >= 0.6 is 0 Å². The second-order valence-corrected chi connectivity index (χ2v) is 5.98. The van der Waals surface area contributed by atoms with Gasteiger partial charge in [-0.3, -0.25) is 4.79 Å². The van der Waals surface area contributed by atoms with Crippen molar-refractivity contribution < 1.29 is 14.3 Å². The molecule has 4 rings (SSSR count). The summed E-state index contributed by atoms with van der Waals surface area (Å²) >= 11 is 0. The number of benzene rings is 1. The number of halogens is 1. The van der Waals surface area contributed by atoms with E-state index in [2.05, 4.69) is 0 Å². The first-order valence-electron chi connectivity index (χ1n) is 7.43. The van der Waals surface area contributed by atoms with E-state index in [-0.39, 0.29) is 17.0 Å². The highest BCUT2D eigenvalue weighted by atomic mass is 19.1. The van der Waals surface area contributed by atoms with E-state index in [1.165, 1.54) is 12.3 Å². The minimum Gasteiger partial charge on any atom is -0.477 e. The molecule has 2 fully saturated rings.